The number of carboxylic acids is 1. The lowest BCUT2D eigenvalue weighted by atomic mass is 9.91. The maximum absolute atomic E-state index is 12.8. The molecule has 2 aromatic rings. The highest BCUT2D eigenvalue weighted by atomic mass is 16.4. The van der Waals surface area contributed by atoms with E-state index in [1.165, 1.54) is 6.07 Å². The molecule has 0 radical (unpaired) electrons. The highest BCUT2D eigenvalue weighted by Gasteiger charge is 2.21. The van der Waals surface area contributed by atoms with Crippen LogP contribution >= 0.6 is 0 Å². The van der Waals surface area contributed by atoms with Crippen LogP contribution in [0, 0.1) is 0 Å². The zero-order valence-corrected chi connectivity index (χ0v) is 13.6. The molecule has 0 fully saturated rings. The van der Waals surface area contributed by atoms with Crippen molar-refractivity contribution in [1.82, 2.24) is 4.90 Å². The fourth-order valence-corrected chi connectivity index (χ4v) is 2.78. The number of benzene rings is 2. The van der Waals surface area contributed by atoms with E-state index in [9.17, 15) is 14.7 Å². The van der Waals surface area contributed by atoms with Crippen molar-refractivity contribution in [3.63, 3.8) is 0 Å². The van der Waals surface area contributed by atoms with E-state index in [4.69, 9.17) is 0 Å². The van der Waals surface area contributed by atoms with Gasteiger partial charge in [-0.3, -0.25) is 4.79 Å². The molecule has 23 heavy (non-hydrogen) atoms. The summed E-state index contributed by atoms with van der Waals surface area (Å²) in [5.74, 6) is -1.34. The van der Waals surface area contributed by atoms with Gasteiger partial charge in [0.1, 0.15) is 0 Å². The summed E-state index contributed by atoms with van der Waals surface area (Å²) in [5, 5.41) is 11.2. The average Bonchev–Trinajstić information content (AvgIpc) is 2.55. The molecule has 0 aliphatic heterocycles. The maximum Gasteiger partial charge on any atom is 0.193 e. The summed E-state index contributed by atoms with van der Waals surface area (Å²) < 4.78 is 0. The SMILES string of the molecule is CCC(c1cc(C(=O)[O-])ccc1C(=O)c1ccccc1)N(C)C. The molecule has 0 saturated carbocycles. The van der Waals surface area contributed by atoms with Gasteiger partial charge in [-0.25, -0.2) is 0 Å². The fourth-order valence-electron chi connectivity index (χ4n) is 2.78. The van der Waals surface area contributed by atoms with Crippen molar-refractivity contribution in [2.75, 3.05) is 14.1 Å². The summed E-state index contributed by atoms with van der Waals surface area (Å²) in [7, 11) is 3.83. The van der Waals surface area contributed by atoms with Crippen molar-refractivity contribution < 1.29 is 14.7 Å². The maximum atomic E-state index is 12.8. The Balaban J connectivity index is 2.58. The van der Waals surface area contributed by atoms with Crippen molar-refractivity contribution in [2.45, 2.75) is 19.4 Å². The molecule has 0 N–H and O–H groups in total. The molecule has 1 unspecified atom stereocenters. The van der Waals surface area contributed by atoms with Gasteiger partial charge in [-0.15, -0.1) is 0 Å². The Hall–Kier alpha value is -2.46. The van der Waals surface area contributed by atoms with Crippen LogP contribution in [-0.2, 0) is 0 Å². The third kappa shape index (κ3) is 3.66. The molecule has 1 atom stereocenters. The smallest absolute Gasteiger partial charge is 0.193 e. The number of carbonyl (C=O) groups excluding carboxylic acids is 2. The van der Waals surface area contributed by atoms with Gasteiger partial charge in [0.2, 0.25) is 0 Å². The Morgan fingerprint density at radius 2 is 1.70 bits per heavy atom. The van der Waals surface area contributed by atoms with Crippen LogP contribution in [0.15, 0.2) is 48.5 Å². The largest absolute Gasteiger partial charge is 0.545 e. The first-order valence-corrected chi connectivity index (χ1v) is 7.57. The zero-order valence-electron chi connectivity index (χ0n) is 13.6. The van der Waals surface area contributed by atoms with Gasteiger partial charge in [0.05, 0.1) is 5.97 Å². The van der Waals surface area contributed by atoms with E-state index in [0.717, 1.165) is 6.42 Å². The molecule has 2 rings (SSSR count). The number of aromatic carboxylic acids is 1. The Morgan fingerprint density at radius 1 is 1.04 bits per heavy atom. The standard InChI is InChI=1S/C19H21NO3/c1-4-17(20(2)3)16-12-14(19(22)23)10-11-15(16)18(21)13-8-6-5-7-9-13/h5-12,17H,4H2,1-3H3,(H,22,23)/p-1. The summed E-state index contributed by atoms with van der Waals surface area (Å²) in [4.78, 5) is 26.0. The molecule has 0 amide bonds. The van der Waals surface area contributed by atoms with Crippen LogP contribution in [0.4, 0.5) is 0 Å². The van der Waals surface area contributed by atoms with E-state index >= 15 is 0 Å². The van der Waals surface area contributed by atoms with Crippen molar-refractivity contribution in [3.8, 4) is 0 Å². The second-order valence-electron chi connectivity index (χ2n) is 5.67. The van der Waals surface area contributed by atoms with Crippen LogP contribution in [0.25, 0.3) is 0 Å². The minimum Gasteiger partial charge on any atom is -0.545 e. The van der Waals surface area contributed by atoms with Crippen molar-refractivity contribution in [2.24, 2.45) is 0 Å². The normalized spacial score (nSPS) is 12.2. The molecule has 0 spiro atoms. The van der Waals surface area contributed by atoms with Crippen molar-refractivity contribution >= 4 is 11.8 Å². The third-order valence-electron chi connectivity index (χ3n) is 3.94. The summed E-state index contributed by atoms with van der Waals surface area (Å²) in [6.07, 6.45) is 0.762. The molecule has 120 valence electrons. The van der Waals surface area contributed by atoms with Gasteiger partial charge in [-0.05, 0) is 37.7 Å². The second kappa shape index (κ2) is 7.20. The Labute approximate surface area is 136 Å². The van der Waals surface area contributed by atoms with E-state index in [1.807, 2.05) is 44.1 Å². The topological polar surface area (TPSA) is 60.4 Å². The predicted octanol–water partition coefficient (Wildman–Crippen LogP) is 2.29. The molecule has 0 aliphatic carbocycles. The van der Waals surface area contributed by atoms with Crippen LogP contribution in [0.2, 0.25) is 0 Å². The van der Waals surface area contributed by atoms with E-state index in [1.54, 1.807) is 24.3 Å². The number of carbonyl (C=O) groups is 2. The first kappa shape index (κ1) is 16.9. The molecular weight excluding hydrogens is 290 g/mol. The van der Waals surface area contributed by atoms with Gasteiger partial charge in [0.25, 0.3) is 0 Å². The van der Waals surface area contributed by atoms with Gasteiger partial charge in [-0.1, -0.05) is 49.4 Å². The predicted molar refractivity (Wildman–Crippen MR) is 87.4 cm³/mol. The lowest BCUT2D eigenvalue weighted by Gasteiger charge is -2.26. The molecule has 4 nitrogen and oxygen atoms in total. The van der Waals surface area contributed by atoms with Gasteiger partial charge in [0, 0.05) is 17.2 Å². The number of ketones is 1. The van der Waals surface area contributed by atoms with E-state index in [0.29, 0.717) is 16.7 Å². The molecule has 4 heteroatoms. The zero-order chi connectivity index (χ0) is 17.0. The summed E-state index contributed by atoms with van der Waals surface area (Å²) >= 11 is 0. The average molecular weight is 310 g/mol. The Bertz CT molecular complexity index is 708. The summed E-state index contributed by atoms with van der Waals surface area (Å²) in [6.45, 7) is 2.01. The molecule has 0 aromatic heterocycles. The third-order valence-corrected chi connectivity index (χ3v) is 3.94. The lowest BCUT2D eigenvalue weighted by Crippen LogP contribution is -2.25. The fraction of sp³-hybridized carbons (Fsp3) is 0.263. The van der Waals surface area contributed by atoms with Crippen LogP contribution in [0.1, 0.15) is 51.2 Å². The van der Waals surface area contributed by atoms with Crippen molar-refractivity contribution in [3.05, 3.63) is 70.8 Å². The summed E-state index contributed by atoms with van der Waals surface area (Å²) in [6, 6.07) is 13.5. The minimum atomic E-state index is -1.24. The number of nitrogens with zero attached hydrogens (tertiary/aromatic N) is 1. The van der Waals surface area contributed by atoms with Crippen LogP contribution in [0.3, 0.4) is 0 Å². The van der Waals surface area contributed by atoms with E-state index in [2.05, 4.69) is 0 Å². The number of hydrogen-bond donors (Lipinski definition) is 0. The van der Waals surface area contributed by atoms with E-state index in [-0.39, 0.29) is 17.4 Å². The molecule has 0 heterocycles. The number of rotatable bonds is 6. The van der Waals surface area contributed by atoms with Crippen molar-refractivity contribution in [1.29, 1.82) is 0 Å². The van der Waals surface area contributed by atoms with Crippen LogP contribution in [0.5, 0.6) is 0 Å². The molecular formula is C19H20NO3-. The van der Waals surface area contributed by atoms with Gasteiger partial charge >= 0.3 is 0 Å². The van der Waals surface area contributed by atoms with E-state index < -0.39 is 5.97 Å². The Morgan fingerprint density at radius 3 is 2.22 bits per heavy atom. The lowest BCUT2D eigenvalue weighted by molar-refractivity contribution is -0.255. The Kier molecular flexibility index (Phi) is 5.29. The monoisotopic (exact) mass is 310 g/mol. The van der Waals surface area contributed by atoms with Gasteiger partial charge in [-0.2, -0.15) is 0 Å². The highest BCUT2D eigenvalue weighted by Crippen LogP contribution is 2.28. The van der Waals surface area contributed by atoms with Crippen LogP contribution < -0.4 is 5.11 Å². The summed E-state index contributed by atoms with van der Waals surface area (Å²) in [5.41, 5.74) is 1.92. The quantitative estimate of drug-likeness (QED) is 0.768. The highest BCUT2D eigenvalue weighted by molar-refractivity contribution is 6.10. The van der Waals surface area contributed by atoms with Gasteiger partial charge < -0.3 is 14.8 Å². The molecule has 2 aromatic carbocycles. The first-order valence-electron chi connectivity index (χ1n) is 7.57. The second-order valence-corrected chi connectivity index (χ2v) is 5.67. The number of carboxylic acid groups (broad SMARTS) is 1. The molecule has 0 bridgehead atoms. The number of hydrogen-bond acceptors (Lipinski definition) is 4. The molecule has 0 saturated heterocycles. The first-order chi connectivity index (χ1) is 11.0. The van der Waals surface area contributed by atoms with Gasteiger partial charge in [0.15, 0.2) is 5.78 Å². The molecule has 0 aliphatic rings. The minimum absolute atomic E-state index is 0.0445. The van der Waals surface area contributed by atoms with Crippen LogP contribution in [-0.4, -0.2) is 30.7 Å².